The highest BCUT2D eigenvalue weighted by molar-refractivity contribution is 6.15. The molecule has 1 aromatic heterocycles. The first-order valence-electron chi connectivity index (χ1n) is 9.85. The second-order valence-corrected chi connectivity index (χ2v) is 7.67. The Labute approximate surface area is 173 Å². The largest absolute Gasteiger partial charge is 0.360 e. The summed E-state index contributed by atoms with van der Waals surface area (Å²) in [7, 11) is 0. The van der Waals surface area contributed by atoms with Gasteiger partial charge < -0.3 is 10.3 Å². The lowest BCUT2D eigenvalue weighted by molar-refractivity contribution is -0.119. The van der Waals surface area contributed by atoms with Crippen molar-refractivity contribution in [3.05, 3.63) is 77.5 Å². The average Bonchev–Trinajstić information content (AvgIpc) is 3.08. The van der Waals surface area contributed by atoms with Crippen LogP contribution in [0.2, 0.25) is 0 Å². The summed E-state index contributed by atoms with van der Waals surface area (Å²) in [6, 6.07) is 18.0. The van der Waals surface area contributed by atoms with Crippen LogP contribution < -0.4 is 10.7 Å². The summed E-state index contributed by atoms with van der Waals surface area (Å²) in [5.41, 5.74) is 6.29. The van der Waals surface area contributed by atoms with Crippen molar-refractivity contribution in [1.82, 2.24) is 10.4 Å². The van der Waals surface area contributed by atoms with Gasteiger partial charge in [-0.3, -0.25) is 9.59 Å². The Bertz CT molecular complexity index is 1340. The van der Waals surface area contributed by atoms with E-state index in [-0.39, 0.29) is 17.7 Å². The molecule has 148 valence electrons. The van der Waals surface area contributed by atoms with E-state index in [4.69, 9.17) is 0 Å². The minimum absolute atomic E-state index is 0.0910. The Hall–Kier alpha value is -3.93. The second-order valence-electron chi connectivity index (χ2n) is 7.67. The van der Waals surface area contributed by atoms with E-state index < -0.39 is 0 Å². The van der Waals surface area contributed by atoms with Crippen molar-refractivity contribution in [3.63, 3.8) is 0 Å². The topological polar surface area (TPSA) is 86.3 Å². The van der Waals surface area contributed by atoms with Gasteiger partial charge >= 0.3 is 0 Å². The summed E-state index contributed by atoms with van der Waals surface area (Å²) in [5, 5.41) is 10.0. The fraction of sp³-hybridized carbons (Fsp3) is 0.125. The van der Waals surface area contributed by atoms with E-state index in [1.165, 1.54) is 10.8 Å². The molecule has 0 spiro atoms. The first-order valence-corrected chi connectivity index (χ1v) is 9.85. The van der Waals surface area contributed by atoms with E-state index in [1.807, 2.05) is 25.1 Å². The van der Waals surface area contributed by atoms with Gasteiger partial charge in [-0.2, -0.15) is 5.10 Å². The Morgan fingerprint density at radius 2 is 1.93 bits per heavy atom. The van der Waals surface area contributed by atoms with Crippen molar-refractivity contribution in [2.75, 3.05) is 5.32 Å². The molecule has 0 saturated heterocycles. The monoisotopic (exact) mass is 396 g/mol. The van der Waals surface area contributed by atoms with Crippen LogP contribution in [0.3, 0.4) is 0 Å². The molecule has 0 fully saturated rings. The molecule has 6 nitrogen and oxygen atoms in total. The lowest BCUT2D eigenvalue weighted by Gasteiger charge is -2.14. The van der Waals surface area contributed by atoms with Gasteiger partial charge in [-0.1, -0.05) is 49.4 Å². The second kappa shape index (κ2) is 7.15. The number of hydrogen-bond acceptors (Lipinski definition) is 3. The average molecular weight is 396 g/mol. The molecule has 2 amide bonds. The van der Waals surface area contributed by atoms with E-state index in [1.54, 1.807) is 18.5 Å². The van der Waals surface area contributed by atoms with Gasteiger partial charge in [0.15, 0.2) is 0 Å². The zero-order chi connectivity index (χ0) is 20.7. The van der Waals surface area contributed by atoms with Crippen molar-refractivity contribution in [3.8, 4) is 0 Å². The van der Waals surface area contributed by atoms with Crippen LogP contribution in [0.4, 0.5) is 5.69 Å². The third-order valence-corrected chi connectivity index (χ3v) is 5.50. The smallest absolute Gasteiger partial charge is 0.272 e. The summed E-state index contributed by atoms with van der Waals surface area (Å²) >= 11 is 0. The van der Waals surface area contributed by atoms with E-state index >= 15 is 0 Å². The minimum Gasteiger partial charge on any atom is -0.360 e. The molecule has 5 rings (SSSR count). The van der Waals surface area contributed by atoms with Gasteiger partial charge in [-0.05, 0) is 34.9 Å². The van der Waals surface area contributed by atoms with Crippen LogP contribution in [0.5, 0.6) is 0 Å². The Balaban J connectivity index is 1.37. The molecule has 1 aliphatic heterocycles. The van der Waals surface area contributed by atoms with Crippen molar-refractivity contribution in [2.45, 2.75) is 13.3 Å². The van der Waals surface area contributed by atoms with Gasteiger partial charge in [0.05, 0.1) is 11.8 Å². The fourth-order valence-corrected chi connectivity index (χ4v) is 3.95. The molecule has 1 atom stereocenters. The highest BCUT2D eigenvalue weighted by atomic mass is 16.2. The molecule has 4 aromatic rings. The van der Waals surface area contributed by atoms with Crippen molar-refractivity contribution < 1.29 is 9.59 Å². The van der Waals surface area contributed by atoms with Gasteiger partial charge in [-0.15, -0.1) is 0 Å². The molecule has 0 radical (unpaired) electrons. The van der Waals surface area contributed by atoms with Crippen LogP contribution in [0, 0.1) is 5.92 Å². The van der Waals surface area contributed by atoms with Crippen LogP contribution in [-0.2, 0) is 11.2 Å². The number of nitrogens with one attached hydrogen (secondary N) is 3. The maximum absolute atomic E-state index is 12.8. The first-order chi connectivity index (χ1) is 14.6. The predicted octanol–water partition coefficient (Wildman–Crippen LogP) is 4.22. The number of hydrogen-bond donors (Lipinski definition) is 3. The Kier molecular flexibility index (Phi) is 4.32. The molecule has 0 bridgehead atoms. The summed E-state index contributed by atoms with van der Waals surface area (Å²) in [4.78, 5) is 28.3. The number of rotatable bonds is 4. The van der Waals surface area contributed by atoms with Gasteiger partial charge in [0.25, 0.3) is 5.91 Å². The van der Waals surface area contributed by atoms with Gasteiger partial charge in [-0.25, -0.2) is 5.43 Å². The third kappa shape index (κ3) is 3.22. The molecule has 6 heteroatoms. The number of H-pyrrole nitrogens is 1. The zero-order valence-electron chi connectivity index (χ0n) is 16.4. The Morgan fingerprint density at radius 1 is 1.10 bits per heavy atom. The van der Waals surface area contributed by atoms with E-state index in [0.717, 1.165) is 22.0 Å². The molecule has 0 unspecified atom stereocenters. The summed E-state index contributed by atoms with van der Waals surface area (Å²) in [5.74, 6) is -0.612. The normalized spacial score (nSPS) is 13.8. The summed E-state index contributed by atoms with van der Waals surface area (Å²) < 4.78 is 0. The van der Waals surface area contributed by atoms with Gasteiger partial charge in [0.2, 0.25) is 5.91 Å². The van der Waals surface area contributed by atoms with Crippen LogP contribution >= 0.6 is 0 Å². The highest BCUT2D eigenvalue weighted by Gasteiger charge is 2.20. The summed E-state index contributed by atoms with van der Waals surface area (Å²) in [6.07, 6.45) is 4.04. The lowest BCUT2D eigenvalue weighted by atomic mass is 9.97. The van der Waals surface area contributed by atoms with Crippen molar-refractivity contribution in [2.24, 2.45) is 11.0 Å². The van der Waals surface area contributed by atoms with Crippen LogP contribution in [0.25, 0.3) is 21.7 Å². The molecule has 0 saturated carbocycles. The van der Waals surface area contributed by atoms with E-state index in [2.05, 4.69) is 51.2 Å². The fourth-order valence-electron chi connectivity index (χ4n) is 3.95. The van der Waals surface area contributed by atoms with Crippen LogP contribution in [0.15, 0.2) is 65.9 Å². The highest BCUT2D eigenvalue weighted by Crippen LogP contribution is 2.28. The predicted molar refractivity (Wildman–Crippen MR) is 119 cm³/mol. The van der Waals surface area contributed by atoms with Gasteiger partial charge in [0.1, 0.15) is 0 Å². The number of aromatic nitrogens is 1. The number of anilines is 1. The molecule has 3 N–H and O–H groups in total. The van der Waals surface area contributed by atoms with E-state index in [9.17, 15) is 9.59 Å². The number of nitrogens with zero attached hydrogens (tertiary/aromatic N) is 1. The van der Waals surface area contributed by atoms with Crippen LogP contribution in [0.1, 0.15) is 28.4 Å². The molecule has 3 aromatic carbocycles. The molecule has 1 aliphatic rings. The standard InChI is InChI=1S/C24H20N4O2/c1-14(8-15-6-7-16-4-2-3-5-17(16)9-15)23(29)27-19-10-20-22-18(12-25-21(22)11-19)13-26-28-24(20)30/h2-7,9-14,25H,8H2,1H3,(H,27,29)(H,28,30)/t14-/m1/s1. The Morgan fingerprint density at radius 3 is 2.80 bits per heavy atom. The number of hydrazone groups is 1. The number of aromatic amines is 1. The first kappa shape index (κ1) is 18.1. The SMILES string of the molecule is C[C@H](Cc1ccc2ccccc2c1)C(=O)Nc1cc2c3c(c[nH]c3c1)C=NNC2=O. The zero-order valence-corrected chi connectivity index (χ0v) is 16.4. The molecular weight excluding hydrogens is 376 g/mol. The van der Waals surface area contributed by atoms with Crippen LogP contribution in [-0.4, -0.2) is 23.0 Å². The number of amides is 2. The number of benzene rings is 3. The molecule has 30 heavy (non-hydrogen) atoms. The van der Waals surface area contributed by atoms with Gasteiger partial charge in [0, 0.05) is 34.3 Å². The lowest BCUT2D eigenvalue weighted by Crippen LogP contribution is -2.23. The third-order valence-electron chi connectivity index (χ3n) is 5.50. The van der Waals surface area contributed by atoms with Crippen molar-refractivity contribution in [1.29, 1.82) is 0 Å². The molecule has 2 heterocycles. The maximum Gasteiger partial charge on any atom is 0.272 e. The number of carbonyl (C=O) groups is 2. The van der Waals surface area contributed by atoms with Crippen molar-refractivity contribution >= 4 is 45.4 Å². The summed E-state index contributed by atoms with van der Waals surface area (Å²) in [6.45, 7) is 1.91. The molecular formula is C24H20N4O2. The van der Waals surface area contributed by atoms with E-state index in [0.29, 0.717) is 17.7 Å². The minimum atomic E-state index is -0.296. The molecule has 0 aliphatic carbocycles. The maximum atomic E-state index is 12.8. The number of fused-ring (bicyclic) bond motifs is 1. The quantitative estimate of drug-likeness (QED) is 0.482. The number of carbonyl (C=O) groups excluding carboxylic acids is 2.